The second-order valence-electron chi connectivity index (χ2n) is 5.90. The maximum absolute atomic E-state index is 12.8. The molecule has 1 heterocycles. The van der Waals surface area contributed by atoms with Crippen LogP contribution in [0.5, 0.6) is 0 Å². The monoisotopic (exact) mass is 382 g/mol. The van der Waals surface area contributed by atoms with E-state index in [1.807, 2.05) is 24.3 Å². The summed E-state index contributed by atoms with van der Waals surface area (Å²) in [5.74, 6) is -1.53. The third-order valence-electron chi connectivity index (χ3n) is 4.18. The maximum atomic E-state index is 12.8. The van der Waals surface area contributed by atoms with Crippen LogP contribution in [0.15, 0.2) is 47.4 Å². The molecule has 0 atom stereocenters. The van der Waals surface area contributed by atoms with E-state index in [2.05, 4.69) is 6.92 Å². The Bertz CT molecular complexity index is 933. The number of aromatic carboxylic acids is 1. The summed E-state index contributed by atoms with van der Waals surface area (Å²) in [6.45, 7) is 3.77. The molecule has 3 rings (SSSR count). The van der Waals surface area contributed by atoms with Crippen LogP contribution in [0.25, 0.3) is 6.08 Å². The van der Waals surface area contributed by atoms with Crippen LogP contribution in [0, 0.1) is 6.92 Å². The Morgan fingerprint density at radius 3 is 2.54 bits per heavy atom. The Hall–Kier alpha value is -2.44. The van der Waals surface area contributed by atoms with Crippen molar-refractivity contribution in [1.29, 1.82) is 0 Å². The number of anilines is 1. The Labute approximate surface area is 161 Å². The van der Waals surface area contributed by atoms with Crippen LogP contribution in [-0.2, 0) is 11.2 Å². The normalized spacial score (nSPS) is 15.8. The number of rotatable bonds is 4. The summed E-state index contributed by atoms with van der Waals surface area (Å²) in [6.07, 6.45) is 2.75. The highest BCUT2D eigenvalue weighted by atomic mass is 32.2. The van der Waals surface area contributed by atoms with Gasteiger partial charge in [-0.2, -0.15) is 0 Å². The van der Waals surface area contributed by atoms with E-state index in [0.717, 1.165) is 12.0 Å². The van der Waals surface area contributed by atoms with Gasteiger partial charge in [-0.3, -0.25) is 9.69 Å². The highest BCUT2D eigenvalue weighted by Gasteiger charge is 2.33. The summed E-state index contributed by atoms with van der Waals surface area (Å²) >= 11 is 6.54. The van der Waals surface area contributed by atoms with Crippen molar-refractivity contribution in [2.75, 3.05) is 4.90 Å². The number of thioether (sulfide) groups is 1. The summed E-state index contributed by atoms with van der Waals surface area (Å²) in [5.41, 5.74) is 3.20. The zero-order chi connectivity index (χ0) is 18.8. The third-order valence-corrected chi connectivity index (χ3v) is 5.48. The van der Waals surface area contributed by atoms with Crippen LogP contribution in [0.1, 0.15) is 34.0 Å². The molecular formula is C20H16NO3S2-. The second kappa shape index (κ2) is 7.43. The molecule has 0 spiro atoms. The number of hydrogen-bond donors (Lipinski definition) is 0. The lowest BCUT2D eigenvalue weighted by Gasteiger charge is -2.17. The van der Waals surface area contributed by atoms with Crippen molar-refractivity contribution < 1.29 is 14.7 Å². The maximum Gasteiger partial charge on any atom is 0.270 e. The molecule has 0 radical (unpaired) electrons. The lowest BCUT2D eigenvalue weighted by molar-refractivity contribution is -0.255. The summed E-state index contributed by atoms with van der Waals surface area (Å²) in [4.78, 5) is 25.9. The molecular weight excluding hydrogens is 366 g/mol. The average molecular weight is 382 g/mol. The molecule has 0 N–H and O–H groups in total. The molecule has 26 heavy (non-hydrogen) atoms. The standard InChI is InChI=1S/C20H17NO3S2/c1-3-13-5-7-14(8-6-13)10-17-18(22)21(20(25)26-17)15-9-4-12(2)16(11-15)19(23)24/h4-11H,3H2,1-2H3,(H,23,24)/p-1/b17-10-. The number of carbonyl (C=O) groups excluding carboxylic acids is 2. The van der Waals surface area contributed by atoms with Gasteiger partial charge in [-0.05, 0) is 48.2 Å². The molecule has 0 bridgehead atoms. The summed E-state index contributed by atoms with van der Waals surface area (Å²) in [7, 11) is 0. The van der Waals surface area contributed by atoms with Crippen molar-refractivity contribution >= 4 is 51.9 Å². The van der Waals surface area contributed by atoms with Crippen LogP contribution in [0.3, 0.4) is 0 Å². The topological polar surface area (TPSA) is 60.4 Å². The summed E-state index contributed by atoms with van der Waals surface area (Å²) < 4.78 is 0.375. The zero-order valence-corrected chi connectivity index (χ0v) is 15.9. The highest BCUT2D eigenvalue weighted by molar-refractivity contribution is 8.27. The lowest BCUT2D eigenvalue weighted by atomic mass is 10.1. The molecule has 0 saturated carbocycles. The fourth-order valence-electron chi connectivity index (χ4n) is 2.66. The number of hydrogen-bond acceptors (Lipinski definition) is 5. The van der Waals surface area contributed by atoms with E-state index in [4.69, 9.17) is 12.2 Å². The van der Waals surface area contributed by atoms with Gasteiger partial charge in [0.05, 0.1) is 16.6 Å². The van der Waals surface area contributed by atoms with Crippen LogP contribution >= 0.6 is 24.0 Å². The Morgan fingerprint density at radius 2 is 1.92 bits per heavy atom. The first-order chi connectivity index (χ1) is 12.4. The molecule has 6 heteroatoms. The van der Waals surface area contributed by atoms with Crippen molar-refractivity contribution in [3.05, 3.63) is 69.6 Å². The molecule has 132 valence electrons. The van der Waals surface area contributed by atoms with E-state index in [1.165, 1.54) is 28.3 Å². The number of nitrogens with zero attached hydrogens (tertiary/aromatic N) is 1. The van der Waals surface area contributed by atoms with Gasteiger partial charge >= 0.3 is 0 Å². The third kappa shape index (κ3) is 3.57. The quantitative estimate of drug-likeness (QED) is 0.600. The molecule has 0 aliphatic carbocycles. The number of amides is 1. The Kier molecular flexibility index (Phi) is 5.25. The van der Waals surface area contributed by atoms with E-state index in [1.54, 1.807) is 25.1 Å². The lowest BCUT2D eigenvalue weighted by Crippen LogP contribution is -2.29. The Balaban J connectivity index is 1.92. The largest absolute Gasteiger partial charge is 0.545 e. The smallest absolute Gasteiger partial charge is 0.270 e. The number of carboxylic acids is 1. The minimum absolute atomic E-state index is 0.0516. The molecule has 4 nitrogen and oxygen atoms in total. The predicted molar refractivity (Wildman–Crippen MR) is 107 cm³/mol. The van der Waals surface area contributed by atoms with E-state index < -0.39 is 5.97 Å². The van der Waals surface area contributed by atoms with Crippen molar-refractivity contribution in [2.24, 2.45) is 0 Å². The van der Waals surface area contributed by atoms with Crippen LogP contribution in [-0.4, -0.2) is 16.2 Å². The fourth-order valence-corrected chi connectivity index (χ4v) is 3.96. The number of carbonyl (C=O) groups is 2. The van der Waals surface area contributed by atoms with Gasteiger partial charge in [0.25, 0.3) is 5.91 Å². The zero-order valence-electron chi connectivity index (χ0n) is 14.3. The van der Waals surface area contributed by atoms with Crippen LogP contribution in [0.4, 0.5) is 5.69 Å². The summed E-state index contributed by atoms with van der Waals surface area (Å²) in [6, 6.07) is 12.7. The molecule has 2 aromatic rings. The summed E-state index contributed by atoms with van der Waals surface area (Å²) in [5, 5.41) is 11.2. The number of aryl methyl sites for hydroxylation is 2. The molecule has 0 aromatic heterocycles. The van der Waals surface area contributed by atoms with Crippen LogP contribution in [0.2, 0.25) is 0 Å². The van der Waals surface area contributed by atoms with Crippen molar-refractivity contribution in [1.82, 2.24) is 0 Å². The molecule has 1 fully saturated rings. The Morgan fingerprint density at radius 1 is 1.23 bits per heavy atom. The predicted octanol–water partition coefficient (Wildman–Crippen LogP) is 3.33. The minimum atomic E-state index is -1.28. The van der Waals surface area contributed by atoms with E-state index in [0.29, 0.717) is 20.5 Å². The van der Waals surface area contributed by atoms with Gasteiger partial charge in [0.15, 0.2) is 4.32 Å². The van der Waals surface area contributed by atoms with E-state index in [9.17, 15) is 14.7 Å². The first kappa shape index (κ1) is 18.4. The molecule has 1 amide bonds. The van der Waals surface area contributed by atoms with Gasteiger partial charge in [-0.15, -0.1) is 0 Å². The van der Waals surface area contributed by atoms with E-state index >= 15 is 0 Å². The highest BCUT2D eigenvalue weighted by Crippen LogP contribution is 2.36. The van der Waals surface area contributed by atoms with Gasteiger partial charge in [-0.25, -0.2) is 0 Å². The molecule has 0 unspecified atom stereocenters. The van der Waals surface area contributed by atoms with Gasteiger partial charge in [0.1, 0.15) is 0 Å². The fraction of sp³-hybridized carbons (Fsp3) is 0.150. The van der Waals surface area contributed by atoms with Gasteiger partial charge in [0.2, 0.25) is 0 Å². The first-order valence-electron chi connectivity index (χ1n) is 8.09. The SMILES string of the molecule is CCc1ccc(/C=C2\SC(=S)N(c3ccc(C)c(C(=O)[O-])c3)C2=O)cc1. The second-order valence-corrected chi connectivity index (χ2v) is 7.57. The molecule has 1 aliphatic rings. The van der Waals surface area contributed by atoms with Crippen molar-refractivity contribution in [2.45, 2.75) is 20.3 Å². The number of benzene rings is 2. The van der Waals surface area contributed by atoms with Crippen LogP contribution < -0.4 is 10.0 Å². The number of thiocarbonyl (C=S) groups is 1. The van der Waals surface area contributed by atoms with E-state index in [-0.39, 0.29) is 11.5 Å². The number of carboxylic acid groups (broad SMARTS) is 1. The first-order valence-corrected chi connectivity index (χ1v) is 9.32. The van der Waals surface area contributed by atoms with Gasteiger partial charge in [0, 0.05) is 5.56 Å². The van der Waals surface area contributed by atoms with Gasteiger partial charge in [-0.1, -0.05) is 61.2 Å². The van der Waals surface area contributed by atoms with Crippen molar-refractivity contribution in [3.63, 3.8) is 0 Å². The van der Waals surface area contributed by atoms with Gasteiger partial charge < -0.3 is 9.90 Å². The molecule has 1 saturated heterocycles. The average Bonchev–Trinajstić information content (AvgIpc) is 2.89. The molecule has 1 aliphatic heterocycles. The molecule has 2 aromatic carbocycles. The van der Waals surface area contributed by atoms with Crippen molar-refractivity contribution in [3.8, 4) is 0 Å². The minimum Gasteiger partial charge on any atom is -0.545 e.